The maximum atomic E-state index is 12.2. The molecule has 0 spiro atoms. The van der Waals surface area contributed by atoms with Crippen molar-refractivity contribution < 1.29 is 9.32 Å². The van der Waals surface area contributed by atoms with Gasteiger partial charge in [0, 0.05) is 30.8 Å². The number of fused-ring (bicyclic) bond motifs is 1. The van der Waals surface area contributed by atoms with Crippen LogP contribution >= 0.6 is 0 Å². The van der Waals surface area contributed by atoms with E-state index in [9.17, 15) is 4.79 Å². The highest BCUT2D eigenvalue weighted by atomic mass is 16.5. The van der Waals surface area contributed by atoms with Crippen LogP contribution in [0.15, 0.2) is 53.3 Å². The summed E-state index contributed by atoms with van der Waals surface area (Å²) in [5.41, 5.74) is 3.40. The molecule has 1 aliphatic rings. The zero-order valence-corrected chi connectivity index (χ0v) is 13.7. The van der Waals surface area contributed by atoms with Crippen molar-refractivity contribution in [3.05, 3.63) is 65.8 Å². The number of carbonyl (C=O) groups excluding carboxylic acids is 1. The largest absolute Gasteiger partial charge is 0.349 e. The quantitative estimate of drug-likeness (QED) is 0.776. The second-order valence-corrected chi connectivity index (χ2v) is 6.11. The maximum Gasteiger partial charge on any atom is 0.227 e. The molecule has 2 aromatic heterocycles. The van der Waals surface area contributed by atoms with Crippen LogP contribution < -0.4 is 5.32 Å². The number of aromatic nitrogens is 3. The Morgan fingerprint density at radius 2 is 2.04 bits per heavy atom. The third-order valence-corrected chi connectivity index (χ3v) is 4.44. The third kappa shape index (κ3) is 3.42. The number of hydrogen-bond acceptors (Lipinski definition) is 5. The first-order chi connectivity index (χ1) is 12.3. The number of benzene rings is 1. The topological polar surface area (TPSA) is 80.9 Å². The molecule has 0 bridgehead atoms. The first-order valence-corrected chi connectivity index (χ1v) is 8.40. The highest BCUT2D eigenvalue weighted by Gasteiger charge is 2.23. The molecule has 0 aliphatic heterocycles. The van der Waals surface area contributed by atoms with Gasteiger partial charge in [-0.05, 0) is 36.1 Å². The van der Waals surface area contributed by atoms with Gasteiger partial charge < -0.3 is 9.84 Å². The second kappa shape index (κ2) is 6.84. The van der Waals surface area contributed by atoms with E-state index in [0.29, 0.717) is 24.6 Å². The fraction of sp³-hybridized carbons (Fsp3) is 0.263. The molecular weight excluding hydrogens is 316 g/mol. The summed E-state index contributed by atoms with van der Waals surface area (Å²) in [7, 11) is 0. The van der Waals surface area contributed by atoms with Crippen LogP contribution in [0.5, 0.6) is 0 Å². The fourth-order valence-electron chi connectivity index (χ4n) is 3.17. The van der Waals surface area contributed by atoms with Gasteiger partial charge in [-0.25, -0.2) is 0 Å². The molecule has 2 heterocycles. The summed E-state index contributed by atoms with van der Waals surface area (Å²) in [5, 5.41) is 7.06. The number of nitrogens with zero attached hydrogens (tertiary/aromatic N) is 3. The lowest BCUT2D eigenvalue weighted by Crippen LogP contribution is -2.27. The van der Waals surface area contributed by atoms with E-state index >= 15 is 0 Å². The summed E-state index contributed by atoms with van der Waals surface area (Å²) < 4.78 is 5.23. The van der Waals surface area contributed by atoms with E-state index in [1.54, 1.807) is 12.4 Å². The lowest BCUT2D eigenvalue weighted by molar-refractivity contribution is -0.121. The predicted molar refractivity (Wildman–Crippen MR) is 91.5 cm³/mol. The zero-order chi connectivity index (χ0) is 17.1. The maximum absolute atomic E-state index is 12.2. The molecule has 1 atom stereocenters. The molecule has 1 N–H and O–H groups in total. The highest BCUT2D eigenvalue weighted by molar-refractivity contribution is 5.76. The molecule has 1 amide bonds. The summed E-state index contributed by atoms with van der Waals surface area (Å²) in [5.74, 6) is 0.988. The highest BCUT2D eigenvalue weighted by Crippen LogP contribution is 2.30. The summed E-state index contributed by atoms with van der Waals surface area (Å²) in [6.07, 6.45) is 6.09. The van der Waals surface area contributed by atoms with Crippen molar-refractivity contribution in [1.29, 1.82) is 0 Å². The Bertz CT molecular complexity index is 876. The summed E-state index contributed by atoms with van der Waals surface area (Å²) in [6, 6.07) is 12.0. The minimum atomic E-state index is 0.00497. The minimum absolute atomic E-state index is 0.00497. The standard InChI is InChI=1S/C19H18N4O2/c24-17(21-16-6-5-13-3-1-2-4-15(13)16)7-8-18-22-19(23-25-18)14-9-11-20-12-10-14/h1-4,9-12,16H,5-8H2,(H,21,24). The Morgan fingerprint density at radius 1 is 1.20 bits per heavy atom. The van der Waals surface area contributed by atoms with Crippen molar-refractivity contribution >= 4 is 5.91 Å². The van der Waals surface area contributed by atoms with Gasteiger partial charge >= 0.3 is 0 Å². The van der Waals surface area contributed by atoms with Gasteiger partial charge in [-0.1, -0.05) is 29.4 Å². The van der Waals surface area contributed by atoms with Crippen LogP contribution in [-0.2, 0) is 17.6 Å². The second-order valence-electron chi connectivity index (χ2n) is 6.11. The fourth-order valence-corrected chi connectivity index (χ4v) is 3.17. The van der Waals surface area contributed by atoms with Crippen molar-refractivity contribution in [2.45, 2.75) is 31.7 Å². The summed E-state index contributed by atoms with van der Waals surface area (Å²) in [6.45, 7) is 0. The number of aryl methyl sites for hydroxylation is 2. The molecule has 1 aliphatic carbocycles. The van der Waals surface area contributed by atoms with Crippen molar-refractivity contribution in [2.24, 2.45) is 0 Å². The molecule has 0 radical (unpaired) electrons. The Hall–Kier alpha value is -3.02. The molecule has 25 heavy (non-hydrogen) atoms. The number of rotatable bonds is 5. The van der Waals surface area contributed by atoms with E-state index in [1.165, 1.54) is 11.1 Å². The number of nitrogens with one attached hydrogen (secondary N) is 1. The van der Waals surface area contributed by atoms with E-state index < -0.39 is 0 Å². The van der Waals surface area contributed by atoms with Crippen LogP contribution in [0, 0.1) is 0 Å². The molecule has 4 rings (SSSR count). The molecule has 0 saturated heterocycles. The van der Waals surface area contributed by atoms with Gasteiger partial charge in [-0.15, -0.1) is 0 Å². The van der Waals surface area contributed by atoms with Crippen molar-refractivity contribution in [2.75, 3.05) is 0 Å². The van der Waals surface area contributed by atoms with Gasteiger partial charge in [0.2, 0.25) is 17.6 Å². The third-order valence-electron chi connectivity index (χ3n) is 4.44. The Morgan fingerprint density at radius 3 is 2.92 bits per heavy atom. The van der Waals surface area contributed by atoms with Crippen molar-refractivity contribution in [1.82, 2.24) is 20.4 Å². The summed E-state index contributed by atoms with van der Waals surface area (Å²) in [4.78, 5) is 20.5. The van der Waals surface area contributed by atoms with Gasteiger partial charge in [0.05, 0.1) is 6.04 Å². The molecule has 3 aromatic rings. The average Bonchev–Trinajstić information content (AvgIpc) is 3.28. The van der Waals surface area contributed by atoms with Gasteiger partial charge in [-0.3, -0.25) is 9.78 Å². The summed E-state index contributed by atoms with van der Waals surface area (Å²) >= 11 is 0. The van der Waals surface area contributed by atoms with Crippen LogP contribution in [0.3, 0.4) is 0 Å². The molecule has 1 unspecified atom stereocenters. The van der Waals surface area contributed by atoms with Crippen molar-refractivity contribution in [3.8, 4) is 11.4 Å². The molecular formula is C19H18N4O2. The molecule has 6 nitrogen and oxygen atoms in total. The van der Waals surface area contributed by atoms with Crippen LogP contribution in [0.25, 0.3) is 11.4 Å². The van der Waals surface area contributed by atoms with E-state index in [2.05, 4.69) is 32.6 Å². The number of amides is 1. The molecule has 0 fully saturated rings. The van der Waals surface area contributed by atoms with E-state index in [-0.39, 0.29) is 11.9 Å². The van der Waals surface area contributed by atoms with Gasteiger partial charge in [-0.2, -0.15) is 4.98 Å². The predicted octanol–water partition coefficient (Wildman–Crippen LogP) is 2.87. The Labute approximate surface area is 145 Å². The molecule has 126 valence electrons. The van der Waals surface area contributed by atoms with Crippen LogP contribution in [0.2, 0.25) is 0 Å². The number of hydrogen-bond donors (Lipinski definition) is 1. The Kier molecular flexibility index (Phi) is 4.24. The van der Waals surface area contributed by atoms with Gasteiger partial charge in [0.25, 0.3) is 0 Å². The Balaban J connectivity index is 1.33. The van der Waals surface area contributed by atoms with Crippen LogP contribution in [0.4, 0.5) is 0 Å². The van der Waals surface area contributed by atoms with Crippen LogP contribution in [0.1, 0.15) is 35.9 Å². The monoisotopic (exact) mass is 334 g/mol. The van der Waals surface area contributed by atoms with Crippen LogP contribution in [-0.4, -0.2) is 21.0 Å². The number of carbonyl (C=O) groups is 1. The van der Waals surface area contributed by atoms with Gasteiger partial charge in [0.15, 0.2) is 0 Å². The number of pyridine rings is 1. The molecule has 1 aromatic carbocycles. The lowest BCUT2D eigenvalue weighted by Gasteiger charge is -2.13. The normalized spacial score (nSPS) is 15.8. The molecule has 6 heteroatoms. The van der Waals surface area contributed by atoms with E-state index in [0.717, 1.165) is 18.4 Å². The van der Waals surface area contributed by atoms with E-state index in [1.807, 2.05) is 24.3 Å². The minimum Gasteiger partial charge on any atom is -0.349 e. The van der Waals surface area contributed by atoms with Gasteiger partial charge in [0.1, 0.15) is 0 Å². The average molecular weight is 334 g/mol. The van der Waals surface area contributed by atoms with Crippen molar-refractivity contribution in [3.63, 3.8) is 0 Å². The zero-order valence-electron chi connectivity index (χ0n) is 13.7. The molecule has 0 saturated carbocycles. The SMILES string of the molecule is O=C(CCc1nc(-c2ccncc2)no1)NC1CCc2ccccc21. The first kappa shape index (κ1) is 15.5. The first-order valence-electron chi connectivity index (χ1n) is 8.40. The smallest absolute Gasteiger partial charge is 0.227 e. The van der Waals surface area contributed by atoms with E-state index in [4.69, 9.17) is 4.52 Å². The lowest BCUT2D eigenvalue weighted by atomic mass is 10.1.